The Morgan fingerprint density at radius 1 is 1.00 bits per heavy atom. The molecule has 0 saturated carbocycles. The van der Waals surface area contributed by atoms with Crippen molar-refractivity contribution in [2.75, 3.05) is 26.2 Å². The Kier molecular flexibility index (Phi) is 6.75. The molecule has 1 amide bonds. The zero-order valence-corrected chi connectivity index (χ0v) is 19.3. The van der Waals surface area contributed by atoms with Gasteiger partial charge in [0, 0.05) is 31.2 Å². The molecule has 0 unspecified atom stereocenters. The number of rotatable bonds is 5. The highest BCUT2D eigenvalue weighted by Gasteiger charge is 2.32. The van der Waals surface area contributed by atoms with Crippen LogP contribution in [0, 0.1) is 20.8 Å². The molecule has 1 saturated heterocycles. The van der Waals surface area contributed by atoms with Crippen LogP contribution >= 0.6 is 11.6 Å². The lowest BCUT2D eigenvalue weighted by Gasteiger charge is -2.35. The normalized spacial score (nSPS) is 16.4. The number of halogens is 1. The van der Waals surface area contributed by atoms with Gasteiger partial charge in [-0.25, -0.2) is 8.42 Å². The number of benzene rings is 2. The van der Waals surface area contributed by atoms with E-state index < -0.39 is 16.1 Å². The lowest BCUT2D eigenvalue weighted by Crippen LogP contribution is -2.53. The topological polar surface area (TPSA) is 66.9 Å². The van der Waals surface area contributed by atoms with E-state index in [9.17, 15) is 13.2 Å². The first kappa shape index (κ1) is 22.6. The highest BCUT2D eigenvalue weighted by molar-refractivity contribution is 7.89. The van der Waals surface area contributed by atoms with E-state index in [0.29, 0.717) is 23.9 Å². The summed E-state index contributed by atoms with van der Waals surface area (Å²) >= 11 is 6.19. The number of carbonyl (C=O) groups excluding carboxylic acids is 1. The van der Waals surface area contributed by atoms with Gasteiger partial charge in [0.05, 0.1) is 4.90 Å². The molecule has 1 fully saturated rings. The maximum Gasteiger partial charge on any atom is 0.263 e. The van der Waals surface area contributed by atoms with Crippen LogP contribution in [-0.4, -0.2) is 55.8 Å². The summed E-state index contributed by atoms with van der Waals surface area (Å²) in [4.78, 5) is 14.7. The molecule has 8 heteroatoms. The van der Waals surface area contributed by atoms with Crippen molar-refractivity contribution in [3.63, 3.8) is 0 Å². The molecule has 30 heavy (non-hydrogen) atoms. The van der Waals surface area contributed by atoms with Gasteiger partial charge < -0.3 is 9.64 Å². The second-order valence-electron chi connectivity index (χ2n) is 7.67. The number of piperazine rings is 1. The van der Waals surface area contributed by atoms with Crippen molar-refractivity contribution in [3.05, 3.63) is 58.1 Å². The van der Waals surface area contributed by atoms with Gasteiger partial charge in [-0.1, -0.05) is 29.3 Å². The molecule has 0 aliphatic carbocycles. The maximum atomic E-state index is 12.8. The fourth-order valence-corrected chi connectivity index (χ4v) is 5.03. The highest BCUT2D eigenvalue weighted by atomic mass is 35.5. The van der Waals surface area contributed by atoms with Crippen LogP contribution in [0.4, 0.5) is 0 Å². The zero-order valence-electron chi connectivity index (χ0n) is 17.7. The number of sulfonamides is 1. The molecule has 2 aromatic carbocycles. The first-order valence-electron chi connectivity index (χ1n) is 9.88. The monoisotopic (exact) mass is 450 g/mol. The molecular formula is C22H27ClN2O4S. The molecule has 2 aromatic rings. The van der Waals surface area contributed by atoms with Crippen molar-refractivity contribution in [1.82, 2.24) is 9.21 Å². The van der Waals surface area contributed by atoms with Crippen molar-refractivity contribution in [1.29, 1.82) is 0 Å². The van der Waals surface area contributed by atoms with Crippen molar-refractivity contribution in [2.45, 2.75) is 38.7 Å². The molecule has 0 aromatic heterocycles. The predicted molar refractivity (Wildman–Crippen MR) is 118 cm³/mol. The Morgan fingerprint density at radius 2 is 1.53 bits per heavy atom. The third-order valence-corrected chi connectivity index (χ3v) is 7.79. The molecule has 6 nitrogen and oxygen atoms in total. The van der Waals surface area contributed by atoms with Crippen LogP contribution in [0.3, 0.4) is 0 Å². The van der Waals surface area contributed by atoms with E-state index in [2.05, 4.69) is 0 Å². The van der Waals surface area contributed by atoms with Gasteiger partial charge in [0.25, 0.3) is 5.91 Å². The summed E-state index contributed by atoms with van der Waals surface area (Å²) in [6, 6.07) is 10.4. The smallest absolute Gasteiger partial charge is 0.263 e. The number of hydrogen-bond donors (Lipinski definition) is 0. The molecule has 0 bridgehead atoms. The zero-order chi connectivity index (χ0) is 22.1. The average molecular weight is 451 g/mol. The van der Waals surface area contributed by atoms with Crippen molar-refractivity contribution < 1.29 is 17.9 Å². The van der Waals surface area contributed by atoms with Gasteiger partial charge in [-0.2, -0.15) is 4.31 Å². The summed E-state index contributed by atoms with van der Waals surface area (Å²) in [6.07, 6.45) is -0.676. The van der Waals surface area contributed by atoms with E-state index in [1.807, 2.05) is 32.9 Å². The third-order valence-electron chi connectivity index (χ3n) is 5.28. The lowest BCUT2D eigenvalue weighted by molar-refractivity contribution is -0.139. The molecule has 0 spiro atoms. The molecule has 0 N–H and O–H groups in total. The van der Waals surface area contributed by atoms with E-state index in [0.717, 1.165) is 16.7 Å². The Bertz CT molecular complexity index is 1010. The number of amides is 1. The second-order valence-corrected chi connectivity index (χ2v) is 9.99. The van der Waals surface area contributed by atoms with Crippen LogP contribution in [0.2, 0.25) is 5.02 Å². The standard InChI is InChI=1S/C22H27ClN2O4S/c1-15-5-7-20(8-6-15)30(27,28)25-11-9-24(10-12-25)22(26)18(4)29-19-13-16(2)21(23)17(3)14-19/h5-8,13-14,18H,9-12H2,1-4H3/t18-/m1/s1. The quantitative estimate of drug-likeness (QED) is 0.698. The van der Waals surface area contributed by atoms with Crippen LogP contribution < -0.4 is 4.74 Å². The van der Waals surface area contributed by atoms with E-state index >= 15 is 0 Å². The number of carbonyl (C=O) groups is 1. The summed E-state index contributed by atoms with van der Waals surface area (Å²) in [5.41, 5.74) is 2.78. The van der Waals surface area contributed by atoms with Gasteiger partial charge in [0.2, 0.25) is 10.0 Å². The number of aryl methyl sites for hydroxylation is 3. The average Bonchev–Trinajstić information content (AvgIpc) is 2.71. The van der Waals surface area contributed by atoms with Gasteiger partial charge in [0.1, 0.15) is 5.75 Å². The van der Waals surface area contributed by atoms with Crippen LogP contribution in [0.15, 0.2) is 41.3 Å². The summed E-state index contributed by atoms with van der Waals surface area (Å²) < 4.78 is 32.9. The van der Waals surface area contributed by atoms with Crippen LogP contribution in [0.25, 0.3) is 0 Å². The van der Waals surface area contributed by atoms with E-state index in [-0.39, 0.29) is 23.9 Å². The van der Waals surface area contributed by atoms with Gasteiger partial charge in [0.15, 0.2) is 6.10 Å². The summed E-state index contributed by atoms with van der Waals surface area (Å²) in [6.45, 7) is 8.58. The molecule has 1 atom stereocenters. The molecule has 1 heterocycles. The van der Waals surface area contributed by atoms with E-state index in [1.165, 1.54) is 4.31 Å². The minimum Gasteiger partial charge on any atom is -0.481 e. The predicted octanol–water partition coefficient (Wildman–Crippen LogP) is 3.57. The summed E-state index contributed by atoms with van der Waals surface area (Å²) in [7, 11) is -3.56. The fourth-order valence-electron chi connectivity index (χ4n) is 3.49. The Labute approximate surface area is 183 Å². The Hall–Kier alpha value is -2.09. The van der Waals surface area contributed by atoms with Gasteiger partial charge in [-0.3, -0.25) is 4.79 Å². The summed E-state index contributed by atoms with van der Waals surface area (Å²) in [5.74, 6) is 0.434. The molecule has 0 radical (unpaired) electrons. The van der Waals surface area contributed by atoms with Gasteiger partial charge in [-0.05, 0) is 63.1 Å². The van der Waals surface area contributed by atoms with Crippen molar-refractivity contribution in [2.24, 2.45) is 0 Å². The highest BCUT2D eigenvalue weighted by Crippen LogP contribution is 2.27. The van der Waals surface area contributed by atoms with Crippen LogP contribution in [0.1, 0.15) is 23.6 Å². The number of nitrogens with zero attached hydrogens (tertiary/aromatic N) is 2. The lowest BCUT2D eigenvalue weighted by atomic mass is 10.1. The first-order chi connectivity index (χ1) is 14.1. The molecule has 162 valence electrons. The summed E-state index contributed by atoms with van der Waals surface area (Å²) in [5, 5.41) is 0.687. The van der Waals surface area contributed by atoms with Gasteiger partial charge in [-0.15, -0.1) is 0 Å². The Balaban J connectivity index is 1.61. The van der Waals surface area contributed by atoms with Crippen LogP contribution in [-0.2, 0) is 14.8 Å². The Morgan fingerprint density at radius 3 is 2.07 bits per heavy atom. The van der Waals surface area contributed by atoms with E-state index in [1.54, 1.807) is 36.1 Å². The van der Waals surface area contributed by atoms with Crippen molar-refractivity contribution in [3.8, 4) is 5.75 Å². The molecule has 1 aliphatic rings. The SMILES string of the molecule is Cc1ccc(S(=O)(=O)N2CCN(C(=O)[C@@H](C)Oc3cc(C)c(Cl)c(C)c3)CC2)cc1. The minimum atomic E-state index is -3.56. The minimum absolute atomic E-state index is 0.160. The maximum absolute atomic E-state index is 12.8. The third kappa shape index (κ3) is 4.79. The van der Waals surface area contributed by atoms with Crippen molar-refractivity contribution >= 4 is 27.5 Å². The van der Waals surface area contributed by atoms with Crippen LogP contribution in [0.5, 0.6) is 5.75 Å². The molecule has 3 rings (SSSR count). The molecule has 1 aliphatic heterocycles. The first-order valence-corrected chi connectivity index (χ1v) is 11.7. The fraction of sp³-hybridized carbons (Fsp3) is 0.409. The second kappa shape index (κ2) is 8.96. The molecular weight excluding hydrogens is 424 g/mol. The van der Waals surface area contributed by atoms with E-state index in [4.69, 9.17) is 16.3 Å². The largest absolute Gasteiger partial charge is 0.481 e. The number of hydrogen-bond acceptors (Lipinski definition) is 4. The number of ether oxygens (including phenoxy) is 1. The van der Waals surface area contributed by atoms with Gasteiger partial charge >= 0.3 is 0 Å².